The molecule has 0 spiro atoms. The normalized spacial score (nSPS) is 21.0. The van der Waals surface area contributed by atoms with Crippen LogP contribution in [0.1, 0.15) is 18.4 Å². The van der Waals surface area contributed by atoms with E-state index in [-0.39, 0.29) is 5.91 Å². The third-order valence-electron chi connectivity index (χ3n) is 3.64. The standard InChI is InChI=1S/C14H20N2O3S2/c1-10(11-4-3-5-12(15)8-11)14(17)16-6-7-20-9-13(16)21(2,18)19/h3-5,8,10,13H,6-7,9,15H2,1-2H3. The smallest absolute Gasteiger partial charge is 0.230 e. The van der Waals surface area contributed by atoms with E-state index in [1.165, 1.54) is 11.2 Å². The van der Waals surface area contributed by atoms with Gasteiger partial charge in [0.25, 0.3) is 0 Å². The first kappa shape index (κ1) is 16.2. The van der Waals surface area contributed by atoms with Gasteiger partial charge < -0.3 is 10.6 Å². The number of benzene rings is 1. The molecule has 5 nitrogen and oxygen atoms in total. The van der Waals surface area contributed by atoms with E-state index in [9.17, 15) is 13.2 Å². The number of nitrogens with two attached hydrogens (primary N) is 1. The van der Waals surface area contributed by atoms with E-state index in [0.717, 1.165) is 11.3 Å². The molecule has 0 radical (unpaired) electrons. The molecule has 2 rings (SSSR count). The van der Waals surface area contributed by atoms with Gasteiger partial charge in [0.2, 0.25) is 5.91 Å². The molecule has 2 N–H and O–H groups in total. The zero-order valence-electron chi connectivity index (χ0n) is 12.2. The van der Waals surface area contributed by atoms with Crippen molar-refractivity contribution in [1.82, 2.24) is 4.90 Å². The van der Waals surface area contributed by atoms with Gasteiger partial charge in [-0.3, -0.25) is 4.79 Å². The Labute approximate surface area is 129 Å². The van der Waals surface area contributed by atoms with Crippen molar-refractivity contribution < 1.29 is 13.2 Å². The van der Waals surface area contributed by atoms with Crippen LogP contribution in [-0.4, -0.2) is 48.9 Å². The Morgan fingerprint density at radius 3 is 2.81 bits per heavy atom. The van der Waals surface area contributed by atoms with Gasteiger partial charge in [-0.1, -0.05) is 12.1 Å². The van der Waals surface area contributed by atoms with Gasteiger partial charge in [-0.15, -0.1) is 0 Å². The third kappa shape index (κ3) is 3.71. The van der Waals surface area contributed by atoms with Crippen LogP contribution in [0.2, 0.25) is 0 Å². The highest BCUT2D eigenvalue weighted by Crippen LogP contribution is 2.26. The number of hydrogen-bond donors (Lipinski definition) is 1. The summed E-state index contributed by atoms with van der Waals surface area (Å²) in [4.78, 5) is 14.2. The minimum Gasteiger partial charge on any atom is -0.399 e. The summed E-state index contributed by atoms with van der Waals surface area (Å²) in [6.45, 7) is 2.26. The van der Waals surface area contributed by atoms with Crippen molar-refractivity contribution in [2.45, 2.75) is 18.2 Å². The van der Waals surface area contributed by atoms with Crippen molar-refractivity contribution >= 4 is 33.2 Å². The summed E-state index contributed by atoms with van der Waals surface area (Å²) in [5, 5.41) is -0.729. The lowest BCUT2D eigenvalue weighted by molar-refractivity contribution is -0.132. The molecule has 1 fully saturated rings. The summed E-state index contributed by atoms with van der Waals surface area (Å²) in [7, 11) is -3.28. The van der Waals surface area contributed by atoms with E-state index in [0.29, 0.717) is 18.0 Å². The highest BCUT2D eigenvalue weighted by atomic mass is 32.2. The predicted molar refractivity (Wildman–Crippen MR) is 86.9 cm³/mol. The van der Waals surface area contributed by atoms with Gasteiger partial charge in [-0.05, 0) is 24.6 Å². The number of hydrogen-bond acceptors (Lipinski definition) is 5. The Morgan fingerprint density at radius 1 is 1.48 bits per heavy atom. The summed E-state index contributed by atoms with van der Waals surface area (Å²) in [6.07, 6.45) is 1.19. The molecule has 2 atom stereocenters. The Morgan fingerprint density at radius 2 is 2.19 bits per heavy atom. The fourth-order valence-electron chi connectivity index (χ4n) is 2.41. The molecule has 0 aromatic heterocycles. The summed E-state index contributed by atoms with van der Waals surface area (Å²) in [5.41, 5.74) is 7.16. The van der Waals surface area contributed by atoms with Gasteiger partial charge in [0, 0.05) is 30.0 Å². The van der Waals surface area contributed by atoms with E-state index in [1.807, 2.05) is 6.07 Å². The molecule has 0 bridgehead atoms. The molecule has 1 saturated heterocycles. The van der Waals surface area contributed by atoms with E-state index < -0.39 is 21.1 Å². The lowest BCUT2D eigenvalue weighted by Crippen LogP contribution is -2.51. The van der Waals surface area contributed by atoms with Crippen molar-refractivity contribution in [3.63, 3.8) is 0 Å². The summed E-state index contributed by atoms with van der Waals surface area (Å²) in [6, 6.07) is 7.16. The van der Waals surface area contributed by atoms with Crippen LogP contribution in [0.25, 0.3) is 0 Å². The second-order valence-corrected chi connectivity index (χ2v) is 8.64. The minimum absolute atomic E-state index is 0.156. The van der Waals surface area contributed by atoms with Crippen molar-refractivity contribution in [2.75, 3.05) is 30.0 Å². The van der Waals surface area contributed by atoms with Crippen molar-refractivity contribution in [2.24, 2.45) is 0 Å². The van der Waals surface area contributed by atoms with Gasteiger partial charge in [-0.25, -0.2) is 8.42 Å². The van der Waals surface area contributed by atoms with Crippen LogP contribution in [0.4, 0.5) is 5.69 Å². The highest BCUT2D eigenvalue weighted by Gasteiger charge is 2.36. The van der Waals surface area contributed by atoms with Gasteiger partial charge in [-0.2, -0.15) is 11.8 Å². The van der Waals surface area contributed by atoms with Crippen LogP contribution in [0.5, 0.6) is 0 Å². The van der Waals surface area contributed by atoms with E-state index in [2.05, 4.69) is 0 Å². The number of rotatable bonds is 3. The molecule has 1 aromatic carbocycles. The molecule has 7 heteroatoms. The Hall–Kier alpha value is -1.21. The lowest BCUT2D eigenvalue weighted by atomic mass is 9.99. The second kappa shape index (κ2) is 6.27. The predicted octanol–water partition coefficient (Wildman–Crippen LogP) is 1.32. The first-order valence-corrected chi connectivity index (χ1v) is 9.84. The molecule has 1 aromatic rings. The number of thioether (sulfide) groups is 1. The maximum atomic E-state index is 12.7. The highest BCUT2D eigenvalue weighted by molar-refractivity contribution is 8.00. The molecule has 1 aliphatic rings. The van der Waals surface area contributed by atoms with Crippen LogP contribution in [-0.2, 0) is 14.6 Å². The molecule has 1 heterocycles. The van der Waals surface area contributed by atoms with Crippen LogP contribution in [0.15, 0.2) is 24.3 Å². The molecule has 116 valence electrons. The molecule has 21 heavy (non-hydrogen) atoms. The number of anilines is 1. The van der Waals surface area contributed by atoms with Crippen molar-refractivity contribution in [3.8, 4) is 0 Å². The Kier molecular flexibility index (Phi) is 4.83. The molecular formula is C14H20N2O3S2. The maximum Gasteiger partial charge on any atom is 0.230 e. The summed E-state index contributed by atoms with van der Waals surface area (Å²) in [5.74, 6) is 0.646. The van der Waals surface area contributed by atoms with Crippen LogP contribution < -0.4 is 5.73 Å². The SMILES string of the molecule is CC(C(=O)N1CCSCC1S(C)(=O)=O)c1cccc(N)c1. The van der Waals surface area contributed by atoms with Gasteiger partial charge in [0.15, 0.2) is 9.84 Å². The van der Waals surface area contributed by atoms with Gasteiger partial charge >= 0.3 is 0 Å². The average molecular weight is 328 g/mol. The fourth-order valence-corrected chi connectivity index (χ4v) is 5.23. The second-order valence-electron chi connectivity index (χ2n) is 5.28. The quantitative estimate of drug-likeness (QED) is 0.847. The Bertz CT molecular complexity index is 631. The number of sulfone groups is 1. The fraction of sp³-hybridized carbons (Fsp3) is 0.500. The number of carbonyl (C=O) groups excluding carboxylic acids is 1. The topological polar surface area (TPSA) is 80.5 Å². The average Bonchev–Trinajstić information content (AvgIpc) is 2.45. The number of amides is 1. The lowest BCUT2D eigenvalue weighted by Gasteiger charge is -2.35. The van der Waals surface area contributed by atoms with Gasteiger partial charge in [0.1, 0.15) is 5.37 Å². The Balaban J connectivity index is 2.25. The number of nitrogens with zero attached hydrogens (tertiary/aromatic N) is 1. The van der Waals surface area contributed by atoms with Crippen LogP contribution in [0.3, 0.4) is 0 Å². The third-order valence-corrected chi connectivity index (χ3v) is 6.29. The largest absolute Gasteiger partial charge is 0.399 e. The molecule has 2 unspecified atom stereocenters. The summed E-state index contributed by atoms with van der Waals surface area (Å²) >= 11 is 1.57. The van der Waals surface area contributed by atoms with E-state index in [4.69, 9.17) is 5.73 Å². The zero-order valence-corrected chi connectivity index (χ0v) is 13.8. The molecule has 0 aliphatic carbocycles. The van der Waals surface area contributed by atoms with Gasteiger partial charge in [0.05, 0.1) is 5.92 Å². The molecule has 0 saturated carbocycles. The van der Waals surface area contributed by atoms with Crippen LogP contribution >= 0.6 is 11.8 Å². The molecule has 1 aliphatic heterocycles. The first-order chi connectivity index (χ1) is 9.80. The maximum absolute atomic E-state index is 12.7. The monoisotopic (exact) mass is 328 g/mol. The first-order valence-electron chi connectivity index (χ1n) is 6.73. The van der Waals surface area contributed by atoms with Crippen LogP contribution in [0, 0.1) is 0 Å². The molecular weight excluding hydrogens is 308 g/mol. The van der Waals surface area contributed by atoms with Crippen molar-refractivity contribution in [3.05, 3.63) is 29.8 Å². The van der Waals surface area contributed by atoms with E-state index >= 15 is 0 Å². The van der Waals surface area contributed by atoms with Crippen molar-refractivity contribution in [1.29, 1.82) is 0 Å². The number of nitrogen functional groups attached to an aromatic ring is 1. The zero-order chi connectivity index (χ0) is 15.6. The summed E-state index contributed by atoms with van der Waals surface area (Å²) < 4.78 is 23.8. The number of carbonyl (C=O) groups is 1. The van der Waals surface area contributed by atoms with E-state index in [1.54, 1.807) is 36.9 Å². The minimum atomic E-state index is -3.28. The molecule has 1 amide bonds.